The summed E-state index contributed by atoms with van der Waals surface area (Å²) in [6, 6.07) is 11.0. The van der Waals surface area contributed by atoms with Crippen molar-refractivity contribution in [1.82, 2.24) is 5.43 Å². The highest BCUT2D eigenvalue weighted by Gasteiger charge is 2.30. The highest BCUT2D eigenvalue weighted by molar-refractivity contribution is 6.36. The van der Waals surface area contributed by atoms with E-state index < -0.39 is 15.8 Å². The van der Waals surface area contributed by atoms with Gasteiger partial charge in [-0.05, 0) is 31.2 Å². The number of esters is 1. The molecule has 12 nitrogen and oxygen atoms in total. The summed E-state index contributed by atoms with van der Waals surface area (Å²) in [4.78, 5) is 32.7. The number of amidine groups is 1. The van der Waals surface area contributed by atoms with Gasteiger partial charge in [0.25, 0.3) is 17.2 Å². The molecule has 0 unspecified atom stereocenters. The molecule has 0 saturated heterocycles. The maximum absolute atomic E-state index is 12.0. The molecule has 144 valence electrons. The van der Waals surface area contributed by atoms with Gasteiger partial charge in [-0.15, -0.1) is 5.10 Å². The molecule has 0 aliphatic carbocycles. The quantitative estimate of drug-likeness (QED) is 0.448. The summed E-state index contributed by atoms with van der Waals surface area (Å²) in [5.41, 5.74) is 3.40. The number of rotatable bonds is 6. The molecule has 3 rings (SSSR count). The fraction of sp³-hybridized carbons (Fsp3) is 0.125. The average Bonchev–Trinajstić information content (AvgIpc) is 3.14. The van der Waals surface area contributed by atoms with Crippen LogP contribution in [-0.4, -0.2) is 28.3 Å². The molecule has 1 N–H and O–H groups in total. The van der Waals surface area contributed by atoms with Gasteiger partial charge in [-0.25, -0.2) is 4.79 Å². The molecule has 12 heteroatoms. The Morgan fingerprint density at radius 1 is 1.00 bits per heavy atom. The summed E-state index contributed by atoms with van der Waals surface area (Å²) < 4.78 is 4.93. The Labute approximate surface area is 157 Å². The van der Waals surface area contributed by atoms with Crippen LogP contribution in [0.15, 0.2) is 53.6 Å². The molecule has 0 bridgehead atoms. The lowest BCUT2D eigenvalue weighted by Gasteiger charge is -2.27. The topological polar surface area (TPSA) is 143 Å². The minimum absolute atomic E-state index is 0.101. The largest absolute Gasteiger partial charge is 0.460 e. The number of ether oxygens (including phenoxy) is 1. The maximum Gasteiger partial charge on any atom is 0.377 e. The van der Waals surface area contributed by atoms with Crippen LogP contribution >= 0.6 is 0 Å². The van der Waals surface area contributed by atoms with Crippen molar-refractivity contribution in [2.24, 2.45) is 5.10 Å². The normalized spacial score (nSPS) is 13.0. The number of hydrazone groups is 1. The van der Waals surface area contributed by atoms with Gasteiger partial charge in [0.2, 0.25) is 0 Å². The van der Waals surface area contributed by atoms with Crippen LogP contribution in [0.1, 0.15) is 6.92 Å². The Morgan fingerprint density at radius 2 is 1.50 bits per heavy atom. The van der Waals surface area contributed by atoms with Crippen molar-refractivity contribution in [3.63, 3.8) is 0 Å². The van der Waals surface area contributed by atoms with Crippen LogP contribution in [0.2, 0.25) is 0 Å². The van der Waals surface area contributed by atoms with Gasteiger partial charge < -0.3 is 4.74 Å². The predicted octanol–water partition coefficient (Wildman–Crippen LogP) is 2.13. The number of carbonyl (C=O) groups excluding carboxylic acids is 1. The third kappa shape index (κ3) is 3.65. The van der Waals surface area contributed by atoms with E-state index >= 15 is 0 Å². The number of nitrogens with one attached hydrogen (secondary N) is 1. The van der Waals surface area contributed by atoms with Crippen LogP contribution in [0, 0.1) is 20.2 Å². The first kappa shape index (κ1) is 18.6. The molecule has 0 fully saturated rings. The van der Waals surface area contributed by atoms with Crippen molar-refractivity contribution in [2.75, 3.05) is 16.8 Å². The third-order valence-electron chi connectivity index (χ3n) is 3.66. The second-order valence-corrected chi connectivity index (χ2v) is 5.43. The van der Waals surface area contributed by atoms with E-state index in [-0.39, 0.29) is 23.8 Å². The van der Waals surface area contributed by atoms with E-state index in [1.165, 1.54) is 58.8 Å². The van der Waals surface area contributed by atoms with Crippen LogP contribution in [0.5, 0.6) is 0 Å². The molecular weight excluding hydrogens is 372 g/mol. The van der Waals surface area contributed by atoms with Crippen LogP contribution in [0.25, 0.3) is 0 Å². The number of hydrogen-bond acceptors (Lipinski definition) is 10. The molecule has 1 aliphatic rings. The fourth-order valence-electron chi connectivity index (χ4n) is 2.37. The Kier molecular flexibility index (Phi) is 5.02. The highest BCUT2D eigenvalue weighted by atomic mass is 16.6. The smallest absolute Gasteiger partial charge is 0.377 e. The lowest BCUT2D eigenvalue weighted by Crippen LogP contribution is -2.46. The van der Waals surface area contributed by atoms with Crippen LogP contribution in [-0.2, 0) is 9.53 Å². The van der Waals surface area contributed by atoms with Gasteiger partial charge in [0.15, 0.2) is 0 Å². The first-order chi connectivity index (χ1) is 13.4. The Balaban J connectivity index is 1.96. The van der Waals surface area contributed by atoms with Gasteiger partial charge in [-0.3, -0.25) is 25.7 Å². The number of benzene rings is 2. The minimum atomic E-state index is -0.696. The average molecular weight is 386 g/mol. The first-order valence-corrected chi connectivity index (χ1v) is 8.02. The number of nitrogens with zero attached hydrogens (tertiary/aromatic N) is 5. The molecular formula is C16H14N6O6. The number of nitro benzene ring substituents is 2. The molecule has 2 aromatic carbocycles. The van der Waals surface area contributed by atoms with E-state index in [1.54, 1.807) is 6.92 Å². The van der Waals surface area contributed by atoms with E-state index in [1.807, 2.05) is 0 Å². The van der Waals surface area contributed by atoms with Gasteiger partial charge >= 0.3 is 5.97 Å². The van der Waals surface area contributed by atoms with Gasteiger partial charge in [0.05, 0.1) is 27.8 Å². The Morgan fingerprint density at radius 3 is 1.96 bits per heavy atom. The molecule has 28 heavy (non-hydrogen) atoms. The zero-order valence-corrected chi connectivity index (χ0v) is 14.5. The van der Waals surface area contributed by atoms with E-state index in [9.17, 15) is 25.0 Å². The minimum Gasteiger partial charge on any atom is -0.460 e. The van der Waals surface area contributed by atoms with Gasteiger partial charge in [0, 0.05) is 24.3 Å². The lowest BCUT2D eigenvalue weighted by atomic mass is 10.3. The second-order valence-electron chi connectivity index (χ2n) is 5.43. The highest BCUT2D eigenvalue weighted by Crippen LogP contribution is 2.27. The van der Waals surface area contributed by atoms with Gasteiger partial charge in [-0.2, -0.15) is 10.2 Å². The van der Waals surface area contributed by atoms with Crippen molar-refractivity contribution in [1.29, 1.82) is 0 Å². The van der Waals surface area contributed by atoms with Crippen LogP contribution in [0.4, 0.5) is 22.7 Å². The van der Waals surface area contributed by atoms with Crippen molar-refractivity contribution in [3.05, 3.63) is 68.8 Å². The maximum atomic E-state index is 12.0. The molecule has 1 aliphatic heterocycles. The fourth-order valence-corrected chi connectivity index (χ4v) is 2.37. The summed E-state index contributed by atoms with van der Waals surface area (Å²) in [6.45, 7) is 1.80. The number of nitro groups is 2. The molecule has 0 atom stereocenters. The van der Waals surface area contributed by atoms with E-state index in [0.717, 1.165) is 0 Å². The molecule has 0 amide bonds. The summed E-state index contributed by atoms with van der Waals surface area (Å²) in [7, 11) is 0. The SMILES string of the molecule is CCOC(=O)C1=NN(c2ccc([N+](=O)[O-])cc2)N(c2ccc([N+](=O)[O-])cc2)N1. The number of non-ortho nitro benzene ring substituents is 2. The van der Waals surface area contributed by atoms with E-state index in [2.05, 4.69) is 10.5 Å². The van der Waals surface area contributed by atoms with Crippen molar-refractivity contribution < 1.29 is 19.4 Å². The summed E-state index contributed by atoms with van der Waals surface area (Å²) in [5, 5.41) is 28.5. The monoisotopic (exact) mass is 386 g/mol. The number of anilines is 2. The molecule has 1 heterocycles. The molecule has 0 spiro atoms. The van der Waals surface area contributed by atoms with Crippen molar-refractivity contribution in [3.8, 4) is 0 Å². The summed E-state index contributed by atoms with van der Waals surface area (Å²) in [6.07, 6.45) is 0. The van der Waals surface area contributed by atoms with Crippen molar-refractivity contribution in [2.45, 2.75) is 6.92 Å². The van der Waals surface area contributed by atoms with Crippen LogP contribution < -0.4 is 15.7 Å². The standard InChI is InChI=1S/C16H14N6O6/c1-2-28-16(23)15-17-19(11-3-7-13(8-4-11)21(24)25)20(18-15)12-5-9-14(10-6-12)22(26)27/h3-10H,2H2,1H3,(H,17,18). The van der Waals surface area contributed by atoms with Crippen LogP contribution in [0.3, 0.4) is 0 Å². The van der Waals surface area contributed by atoms with E-state index in [4.69, 9.17) is 4.74 Å². The zero-order chi connectivity index (χ0) is 20.3. The molecule has 0 aromatic heterocycles. The number of hydrogen-bond donors (Lipinski definition) is 1. The van der Waals surface area contributed by atoms with Crippen molar-refractivity contribution >= 4 is 34.6 Å². The molecule has 2 aromatic rings. The zero-order valence-electron chi connectivity index (χ0n) is 14.5. The van der Waals surface area contributed by atoms with E-state index in [0.29, 0.717) is 11.4 Å². The van der Waals surface area contributed by atoms with Gasteiger partial charge in [-0.1, -0.05) is 0 Å². The van der Waals surface area contributed by atoms with Gasteiger partial charge in [0.1, 0.15) is 0 Å². The lowest BCUT2D eigenvalue weighted by molar-refractivity contribution is -0.385. The second kappa shape index (κ2) is 7.57. The first-order valence-electron chi connectivity index (χ1n) is 8.02. The molecule has 0 saturated carbocycles. The Bertz CT molecular complexity index is 943. The summed E-state index contributed by atoms with van der Waals surface area (Å²) in [5.74, 6) is -0.808. The predicted molar refractivity (Wildman–Crippen MR) is 98.4 cm³/mol. The number of carbonyl (C=O) groups is 1. The number of hydrazine groups is 2. The molecule has 0 radical (unpaired) electrons. The Hall–Kier alpha value is -4.22. The third-order valence-corrected chi connectivity index (χ3v) is 3.66. The summed E-state index contributed by atoms with van der Waals surface area (Å²) >= 11 is 0.